The minimum atomic E-state index is -0.0212. The Balaban J connectivity index is 1.72. The summed E-state index contributed by atoms with van der Waals surface area (Å²) in [4.78, 5) is 12.5. The molecular weight excluding hydrogens is 322 g/mol. The summed E-state index contributed by atoms with van der Waals surface area (Å²) >= 11 is 0. The number of carbonyl (C=O) groups is 1. The Morgan fingerprint density at radius 1 is 1.04 bits per heavy atom. The van der Waals surface area contributed by atoms with E-state index in [0.29, 0.717) is 6.42 Å². The van der Waals surface area contributed by atoms with Gasteiger partial charge < -0.3 is 5.32 Å². The second-order valence-electron chi connectivity index (χ2n) is 6.57. The molecule has 3 rings (SSSR count). The molecule has 26 heavy (non-hydrogen) atoms. The first-order valence-corrected chi connectivity index (χ1v) is 9.07. The molecule has 0 bridgehead atoms. The topological polar surface area (TPSA) is 46.9 Å². The summed E-state index contributed by atoms with van der Waals surface area (Å²) in [5.41, 5.74) is 6.00. The van der Waals surface area contributed by atoms with Crippen molar-refractivity contribution < 1.29 is 4.79 Å². The molecule has 0 atom stereocenters. The van der Waals surface area contributed by atoms with Crippen molar-refractivity contribution in [3.05, 3.63) is 77.1 Å². The van der Waals surface area contributed by atoms with Crippen LogP contribution in [-0.2, 0) is 17.6 Å². The number of para-hydroxylation sites is 1. The quantitative estimate of drug-likeness (QED) is 0.707. The predicted molar refractivity (Wildman–Crippen MR) is 106 cm³/mol. The van der Waals surface area contributed by atoms with E-state index in [-0.39, 0.29) is 5.91 Å². The zero-order chi connectivity index (χ0) is 18.5. The zero-order valence-corrected chi connectivity index (χ0v) is 15.6. The standard InChI is InChI=1S/C22H25N3O/c1-4-8-18-11-13-19(14-12-18)23-22(26)15-21-16(2)24-25(17(21)3)20-9-6-5-7-10-20/h5-7,9-14H,4,8,15H2,1-3H3,(H,23,26). The van der Waals surface area contributed by atoms with Crippen molar-refractivity contribution in [2.75, 3.05) is 5.32 Å². The molecule has 2 aromatic carbocycles. The molecule has 1 heterocycles. The van der Waals surface area contributed by atoms with E-state index in [9.17, 15) is 4.79 Å². The molecule has 1 aromatic heterocycles. The molecular formula is C22H25N3O. The summed E-state index contributed by atoms with van der Waals surface area (Å²) in [6.45, 7) is 6.12. The number of aryl methyl sites for hydroxylation is 2. The molecule has 0 aliphatic carbocycles. The fourth-order valence-electron chi connectivity index (χ4n) is 3.16. The van der Waals surface area contributed by atoms with E-state index < -0.39 is 0 Å². The van der Waals surface area contributed by atoms with Gasteiger partial charge in [-0.25, -0.2) is 4.68 Å². The lowest BCUT2D eigenvalue weighted by Crippen LogP contribution is -2.15. The first-order valence-electron chi connectivity index (χ1n) is 9.07. The molecule has 0 aliphatic rings. The van der Waals surface area contributed by atoms with Crippen molar-refractivity contribution in [1.82, 2.24) is 9.78 Å². The van der Waals surface area contributed by atoms with E-state index in [0.717, 1.165) is 41.2 Å². The Morgan fingerprint density at radius 3 is 2.38 bits per heavy atom. The Bertz CT molecular complexity index is 880. The van der Waals surface area contributed by atoms with Crippen molar-refractivity contribution in [3.8, 4) is 5.69 Å². The zero-order valence-electron chi connectivity index (χ0n) is 15.6. The van der Waals surface area contributed by atoms with Crippen LogP contribution in [0, 0.1) is 13.8 Å². The summed E-state index contributed by atoms with van der Waals surface area (Å²) in [5.74, 6) is -0.0212. The number of carbonyl (C=O) groups excluding carboxylic acids is 1. The van der Waals surface area contributed by atoms with Crippen molar-refractivity contribution in [2.24, 2.45) is 0 Å². The Morgan fingerprint density at radius 2 is 1.73 bits per heavy atom. The Kier molecular flexibility index (Phi) is 5.52. The van der Waals surface area contributed by atoms with Gasteiger partial charge in [0.05, 0.1) is 17.8 Å². The smallest absolute Gasteiger partial charge is 0.228 e. The number of aromatic nitrogens is 2. The number of nitrogens with zero attached hydrogens (tertiary/aromatic N) is 2. The van der Waals surface area contributed by atoms with Crippen LogP contribution in [0.2, 0.25) is 0 Å². The van der Waals surface area contributed by atoms with E-state index in [1.165, 1.54) is 5.56 Å². The second kappa shape index (κ2) is 8.00. The third kappa shape index (κ3) is 4.02. The minimum absolute atomic E-state index is 0.0212. The van der Waals surface area contributed by atoms with Crippen LogP contribution >= 0.6 is 0 Å². The van der Waals surface area contributed by atoms with Gasteiger partial charge in [0.15, 0.2) is 0 Å². The molecule has 4 heteroatoms. The van der Waals surface area contributed by atoms with Gasteiger partial charge in [-0.3, -0.25) is 4.79 Å². The van der Waals surface area contributed by atoms with Gasteiger partial charge in [0, 0.05) is 16.9 Å². The van der Waals surface area contributed by atoms with Crippen LogP contribution in [0.3, 0.4) is 0 Å². The molecule has 3 aromatic rings. The normalized spacial score (nSPS) is 10.7. The SMILES string of the molecule is CCCc1ccc(NC(=O)Cc2c(C)nn(-c3ccccc3)c2C)cc1. The molecule has 0 unspecified atom stereocenters. The maximum Gasteiger partial charge on any atom is 0.228 e. The van der Waals surface area contributed by atoms with Gasteiger partial charge in [-0.1, -0.05) is 43.7 Å². The maximum atomic E-state index is 12.5. The lowest BCUT2D eigenvalue weighted by Gasteiger charge is -2.08. The van der Waals surface area contributed by atoms with Crippen molar-refractivity contribution in [1.29, 1.82) is 0 Å². The van der Waals surface area contributed by atoms with Gasteiger partial charge in [-0.15, -0.1) is 0 Å². The van der Waals surface area contributed by atoms with Gasteiger partial charge in [0.2, 0.25) is 5.91 Å². The van der Waals surface area contributed by atoms with Crippen molar-refractivity contribution >= 4 is 11.6 Å². The van der Waals surface area contributed by atoms with Crippen LogP contribution < -0.4 is 5.32 Å². The molecule has 0 saturated carbocycles. The van der Waals surface area contributed by atoms with Crippen molar-refractivity contribution in [3.63, 3.8) is 0 Å². The van der Waals surface area contributed by atoms with Gasteiger partial charge in [-0.2, -0.15) is 5.10 Å². The fraction of sp³-hybridized carbons (Fsp3) is 0.273. The predicted octanol–water partition coefficient (Wildman–Crippen LogP) is 4.62. The summed E-state index contributed by atoms with van der Waals surface area (Å²) in [6, 6.07) is 18.1. The van der Waals surface area contributed by atoms with E-state index in [2.05, 4.69) is 29.5 Å². The molecule has 0 fully saturated rings. The molecule has 1 N–H and O–H groups in total. The lowest BCUT2D eigenvalue weighted by atomic mass is 10.1. The highest BCUT2D eigenvalue weighted by molar-refractivity contribution is 5.92. The van der Waals surface area contributed by atoms with E-state index in [4.69, 9.17) is 0 Å². The monoisotopic (exact) mass is 347 g/mol. The summed E-state index contributed by atoms with van der Waals surface area (Å²) in [5, 5.41) is 7.60. The fourth-order valence-corrected chi connectivity index (χ4v) is 3.16. The van der Waals surface area contributed by atoms with Crippen LogP contribution in [-0.4, -0.2) is 15.7 Å². The van der Waals surface area contributed by atoms with E-state index >= 15 is 0 Å². The summed E-state index contributed by atoms with van der Waals surface area (Å²) < 4.78 is 1.90. The lowest BCUT2D eigenvalue weighted by molar-refractivity contribution is -0.115. The molecule has 0 aliphatic heterocycles. The average Bonchev–Trinajstić information content (AvgIpc) is 2.92. The number of anilines is 1. The highest BCUT2D eigenvalue weighted by atomic mass is 16.1. The molecule has 134 valence electrons. The molecule has 0 spiro atoms. The molecule has 0 radical (unpaired) electrons. The van der Waals surface area contributed by atoms with Crippen LogP contribution in [0.25, 0.3) is 5.69 Å². The van der Waals surface area contributed by atoms with Crippen LogP contribution in [0.5, 0.6) is 0 Å². The minimum Gasteiger partial charge on any atom is -0.326 e. The van der Waals surface area contributed by atoms with Gasteiger partial charge in [-0.05, 0) is 50.1 Å². The highest BCUT2D eigenvalue weighted by Gasteiger charge is 2.16. The third-order valence-corrected chi connectivity index (χ3v) is 4.56. The summed E-state index contributed by atoms with van der Waals surface area (Å²) in [6.07, 6.45) is 2.50. The number of nitrogens with one attached hydrogen (secondary N) is 1. The van der Waals surface area contributed by atoms with Gasteiger partial charge in [0.25, 0.3) is 0 Å². The number of benzene rings is 2. The second-order valence-corrected chi connectivity index (χ2v) is 6.57. The largest absolute Gasteiger partial charge is 0.326 e. The number of rotatable bonds is 6. The van der Waals surface area contributed by atoms with Crippen LogP contribution in [0.15, 0.2) is 54.6 Å². The average molecular weight is 347 g/mol. The van der Waals surface area contributed by atoms with Gasteiger partial charge in [0.1, 0.15) is 0 Å². The van der Waals surface area contributed by atoms with Gasteiger partial charge >= 0.3 is 0 Å². The third-order valence-electron chi connectivity index (χ3n) is 4.56. The van der Waals surface area contributed by atoms with Crippen LogP contribution in [0.4, 0.5) is 5.69 Å². The molecule has 4 nitrogen and oxygen atoms in total. The van der Waals surface area contributed by atoms with E-state index in [1.807, 2.05) is 61.0 Å². The number of amides is 1. The van der Waals surface area contributed by atoms with Crippen molar-refractivity contribution in [2.45, 2.75) is 40.0 Å². The first kappa shape index (κ1) is 17.9. The molecule has 1 amide bonds. The highest BCUT2D eigenvalue weighted by Crippen LogP contribution is 2.19. The van der Waals surface area contributed by atoms with Crippen LogP contribution in [0.1, 0.15) is 35.9 Å². The number of hydrogen-bond donors (Lipinski definition) is 1. The first-order chi connectivity index (χ1) is 12.6. The van der Waals surface area contributed by atoms with E-state index in [1.54, 1.807) is 0 Å². The molecule has 0 saturated heterocycles. The maximum absolute atomic E-state index is 12.5. The summed E-state index contributed by atoms with van der Waals surface area (Å²) in [7, 11) is 0. The Labute approximate surface area is 154 Å². The number of hydrogen-bond acceptors (Lipinski definition) is 2. The Hall–Kier alpha value is -2.88.